The molecule has 65 heavy (non-hydrogen) atoms. The summed E-state index contributed by atoms with van der Waals surface area (Å²) in [7, 11) is 0. The average molecular weight is 893 g/mol. The van der Waals surface area contributed by atoms with Gasteiger partial charge in [-0.25, -0.2) is 0 Å². The number of hydrogen-bond acceptors (Lipinski definition) is 6. The lowest BCUT2D eigenvalue weighted by Crippen LogP contribution is -2.30. The van der Waals surface area contributed by atoms with Crippen molar-refractivity contribution in [1.29, 1.82) is 0 Å². The number of esters is 3. The number of unbranched alkanes of at least 4 members (excludes halogenated alkanes) is 10. The van der Waals surface area contributed by atoms with Crippen molar-refractivity contribution >= 4 is 17.9 Å². The minimum absolute atomic E-state index is 0.130. The zero-order valence-electron chi connectivity index (χ0n) is 40.9. The Morgan fingerprint density at radius 3 is 1.11 bits per heavy atom. The fourth-order valence-corrected chi connectivity index (χ4v) is 6.01. The van der Waals surface area contributed by atoms with Gasteiger partial charge in [-0.15, -0.1) is 0 Å². The van der Waals surface area contributed by atoms with Crippen molar-refractivity contribution in [2.45, 2.75) is 181 Å². The SMILES string of the molecule is CC/C=C/C=C/C=C/C=C/CCCCCCCC(=O)OC(COC(=O)CC/C=C/C/C=C/C/C=C/C/C=C/C/C=C/C/C=C/CC)COC(=O)CCCCCCC/C=C/C=C/C=C/CC. The highest BCUT2D eigenvalue weighted by molar-refractivity contribution is 5.71. The molecular formula is C59H88O6. The number of hydrogen-bond donors (Lipinski definition) is 0. The first-order valence-corrected chi connectivity index (χ1v) is 25.1. The standard InChI is InChI=1S/C59H88O6/c1-4-7-10-13-16-19-22-25-27-28-29-30-32-34-37-40-43-46-49-52-58(61)64-55-56(54-63-57(60)51-48-45-42-39-36-33-24-21-18-15-12-9-6-3)65-59(62)53-50-47-44-41-38-35-31-26-23-20-17-14-11-8-5-2/h7-12,14-21,23-27,29-31,34,37,43,46,56H,4-6,13,22,28,32-33,35-36,38-42,44-45,47-55H2,1-3H3/b10-7+,11-8+,12-9+,17-14+,18-15+,19-16+,23-20+,24-21+,27-25+,30-29+,31-26+,37-34+,46-43+. The molecule has 6 nitrogen and oxygen atoms in total. The van der Waals surface area contributed by atoms with E-state index in [1.807, 2.05) is 42.5 Å². The predicted molar refractivity (Wildman–Crippen MR) is 278 cm³/mol. The van der Waals surface area contributed by atoms with Gasteiger partial charge < -0.3 is 14.2 Å². The zero-order chi connectivity index (χ0) is 47.2. The Balaban J connectivity index is 4.61. The lowest BCUT2D eigenvalue weighted by atomic mass is 10.1. The van der Waals surface area contributed by atoms with E-state index in [0.29, 0.717) is 12.8 Å². The van der Waals surface area contributed by atoms with E-state index in [1.165, 1.54) is 0 Å². The summed E-state index contributed by atoms with van der Waals surface area (Å²) in [5, 5.41) is 0. The summed E-state index contributed by atoms with van der Waals surface area (Å²) in [6.45, 7) is 6.11. The van der Waals surface area contributed by atoms with Crippen LogP contribution in [-0.4, -0.2) is 37.2 Å². The van der Waals surface area contributed by atoms with Crippen LogP contribution in [0.4, 0.5) is 0 Å². The van der Waals surface area contributed by atoms with E-state index in [2.05, 4.69) is 136 Å². The molecule has 0 aromatic rings. The molecule has 0 heterocycles. The number of ether oxygens (including phenoxy) is 3. The Labute approximate surface area is 397 Å². The molecule has 1 atom stereocenters. The van der Waals surface area contributed by atoms with Crippen LogP contribution < -0.4 is 0 Å². The van der Waals surface area contributed by atoms with Crippen molar-refractivity contribution < 1.29 is 28.6 Å². The van der Waals surface area contributed by atoms with Gasteiger partial charge >= 0.3 is 17.9 Å². The molecule has 0 bridgehead atoms. The number of rotatable bonds is 42. The predicted octanol–water partition coefficient (Wildman–Crippen LogP) is 16.6. The minimum atomic E-state index is -0.837. The van der Waals surface area contributed by atoms with Crippen LogP contribution in [0.1, 0.15) is 175 Å². The molecule has 0 aromatic carbocycles. The molecule has 0 amide bonds. The van der Waals surface area contributed by atoms with Gasteiger partial charge in [-0.05, 0) is 96.3 Å². The third-order valence-corrected chi connectivity index (χ3v) is 9.68. The van der Waals surface area contributed by atoms with Crippen LogP contribution in [0.15, 0.2) is 158 Å². The minimum Gasteiger partial charge on any atom is -0.462 e. The molecule has 1 unspecified atom stereocenters. The van der Waals surface area contributed by atoms with Crippen molar-refractivity contribution in [2.24, 2.45) is 0 Å². The van der Waals surface area contributed by atoms with Crippen molar-refractivity contribution in [1.82, 2.24) is 0 Å². The fraction of sp³-hybridized carbons (Fsp3) is 0.508. The van der Waals surface area contributed by atoms with Gasteiger partial charge in [0.05, 0.1) is 0 Å². The maximum atomic E-state index is 12.8. The summed E-state index contributed by atoms with van der Waals surface area (Å²) in [5.74, 6) is -1.08. The second-order valence-electron chi connectivity index (χ2n) is 15.7. The largest absolute Gasteiger partial charge is 0.462 e. The maximum absolute atomic E-state index is 12.8. The van der Waals surface area contributed by atoms with Crippen LogP contribution in [0.5, 0.6) is 0 Å². The normalized spacial score (nSPS) is 13.5. The summed E-state index contributed by atoms with van der Waals surface area (Å²) in [6, 6.07) is 0. The van der Waals surface area contributed by atoms with Crippen molar-refractivity contribution in [3.8, 4) is 0 Å². The van der Waals surface area contributed by atoms with Gasteiger partial charge in [-0.3, -0.25) is 14.4 Å². The first-order chi connectivity index (χ1) is 32.0. The van der Waals surface area contributed by atoms with Gasteiger partial charge in [0.15, 0.2) is 6.10 Å². The van der Waals surface area contributed by atoms with Gasteiger partial charge in [-0.1, -0.05) is 217 Å². The number of allylic oxidation sites excluding steroid dienone is 26. The molecule has 0 radical (unpaired) electrons. The molecule has 0 saturated carbocycles. The third-order valence-electron chi connectivity index (χ3n) is 9.68. The Morgan fingerprint density at radius 2 is 0.662 bits per heavy atom. The summed E-state index contributed by atoms with van der Waals surface area (Å²) in [6.07, 6.45) is 75.2. The first-order valence-electron chi connectivity index (χ1n) is 25.1. The lowest BCUT2D eigenvalue weighted by Gasteiger charge is -2.18. The average Bonchev–Trinajstić information content (AvgIpc) is 3.30. The zero-order valence-corrected chi connectivity index (χ0v) is 40.9. The lowest BCUT2D eigenvalue weighted by molar-refractivity contribution is -0.166. The van der Waals surface area contributed by atoms with Gasteiger partial charge in [-0.2, -0.15) is 0 Å². The molecule has 0 aliphatic rings. The van der Waals surface area contributed by atoms with Crippen LogP contribution in [0, 0.1) is 0 Å². The van der Waals surface area contributed by atoms with E-state index in [0.717, 1.165) is 128 Å². The molecule has 0 spiro atoms. The summed E-state index contributed by atoms with van der Waals surface area (Å²) in [4.78, 5) is 37.9. The maximum Gasteiger partial charge on any atom is 0.306 e. The monoisotopic (exact) mass is 893 g/mol. The molecule has 0 rings (SSSR count). The molecule has 0 saturated heterocycles. The Kier molecular flexibility index (Phi) is 47.7. The van der Waals surface area contributed by atoms with E-state index in [9.17, 15) is 14.4 Å². The Hall–Kier alpha value is -4.97. The van der Waals surface area contributed by atoms with Gasteiger partial charge in [0.1, 0.15) is 13.2 Å². The molecule has 0 aliphatic heterocycles. The van der Waals surface area contributed by atoms with Crippen molar-refractivity contribution in [3.05, 3.63) is 158 Å². The smallest absolute Gasteiger partial charge is 0.306 e. The van der Waals surface area contributed by atoms with Crippen LogP contribution >= 0.6 is 0 Å². The molecule has 0 fully saturated rings. The van der Waals surface area contributed by atoms with Crippen LogP contribution in [0.3, 0.4) is 0 Å². The van der Waals surface area contributed by atoms with E-state index in [1.54, 1.807) is 0 Å². The van der Waals surface area contributed by atoms with Gasteiger partial charge in [0.2, 0.25) is 0 Å². The molecule has 0 N–H and O–H groups in total. The topological polar surface area (TPSA) is 78.9 Å². The molecule has 0 aliphatic carbocycles. The van der Waals surface area contributed by atoms with E-state index < -0.39 is 6.10 Å². The molecule has 6 heteroatoms. The Bertz CT molecular complexity index is 1540. The number of carbonyl (C=O) groups excluding carboxylic acids is 3. The van der Waals surface area contributed by atoms with Crippen molar-refractivity contribution in [3.63, 3.8) is 0 Å². The van der Waals surface area contributed by atoms with Gasteiger partial charge in [0, 0.05) is 19.3 Å². The summed E-state index contributed by atoms with van der Waals surface area (Å²) in [5.41, 5.74) is 0. The fourth-order valence-electron chi connectivity index (χ4n) is 6.01. The number of carbonyl (C=O) groups is 3. The van der Waals surface area contributed by atoms with Crippen molar-refractivity contribution in [2.75, 3.05) is 13.2 Å². The van der Waals surface area contributed by atoms with E-state index >= 15 is 0 Å². The highest BCUT2D eigenvalue weighted by Crippen LogP contribution is 2.12. The highest BCUT2D eigenvalue weighted by Gasteiger charge is 2.19. The van der Waals surface area contributed by atoms with E-state index in [-0.39, 0.29) is 44.0 Å². The van der Waals surface area contributed by atoms with Crippen LogP contribution in [-0.2, 0) is 28.6 Å². The molecule has 0 aromatic heterocycles. The quantitative estimate of drug-likeness (QED) is 0.0200. The molecular weight excluding hydrogens is 805 g/mol. The first kappa shape index (κ1) is 60.0. The van der Waals surface area contributed by atoms with Crippen LogP contribution in [0.2, 0.25) is 0 Å². The third kappa shape index (κ3) is 49.9. The summed E-state index contributed by atoms with van der Waals surface area (Å²) >= 11 is 0. The van der Waals surface area contributed by atoms with Crippen LogP contribution in [0.25, 0.3) is 0 Å². The molecule has 360 valence electrons. The van der Waals surface area contributed by atoms with Gasteiger partial charge in [0.25, 0.3) is 0 Å². The van der Waals surface area contributed by atoms with E-state index in [4.69, 9.17) is 14.2 Å². The second-order valence-corrected chi connectivity index (χ2v) is 15.7. The second kappa shape index (κ2) is 51.7. The summed E-state index contributed by atoms with van der Waals surface area (Å²) < 4.78 is 16.7. The Morgan fingerprint density at radius 1 is 0.323 bits per heavy atom. The highest BCUT2D eigenvalue weighted by atomic mass is 16.6.